The maximum absolute atomic E-state index is 13.0. The smallest absolute Gasteiger partial charge is 0.356 e. The Hall–Kier alpha value is -1.71. The third-order valence-corrected chi connectivity index (χ3v) is 2.62. The van der Waals surface area contributed by atoms with Gasteiger partial charge in [0.05, 0.1) is 12.4 Å². The molecule has 0 amide bonds. The highest BCUT2D eigenvalue weighted by Gasteiger charge is 2.10. The van der Waals surface area contributed by atoms with E-state index in [0.29, 0.717) is 25.0 Å². The van der Waals surface area contributed by atoms with Gasteiger partial charge in [-0.25, -0.2) is 14.2 Å². The molecule has 0 aliphatic heterocycles. The highest BCUT2D eigenvalue weighted by atomic mass is 19.1. The number of allylic oxidation sites excluding steroid dienone is 3. The Morgan fingerprint density at radius 3 is 2.60 bits per heavy atom. The second-order valence-electron chi connectivity index (χ2n) is 4.54. The zero-order valence-electron chi connectivity index (χ0n) is 12.6. The lowest BCUT2D eigenvalue weighted by atomic mass is 10.0. The topological polar surface area (TPSA) is 38.7 Å². The number of ether oxygens (including phenoxy) is 1. The maximum Gasteiger partial charge on any atom is 0.356 e. The van der Waals surface area contributed by atoms with Crippen molar-refractivity contribution in [3.63, 3.8) is 0 Å². The molecule has 0 saturated heterocycles. The monoisotopic (exact) mass is 281 g/mol. The van der Waals surface area contributed by atoms with Gasteiger partial charge in [0.25, 0.3) is 0 Å². The van der Waals surface area contributed by atoms with Crippen LogP contribution in [0.5, 0.6) is 0 Å². The predicted molar refractivity (Wildman–Crippen MR) is 81.3 cm³/mol. The van der Waals surface area contributed by atoms with Crippen molar-refractivity contribution in [2.45, 2.75) is 40.0 Å². The van der Waals surface area contributed by atoms with Gasteiger partial charge < -0.3 is 4.74 Å². The second kappa shape index (κ2) is 10.1. The van der Waals surface area contributed by atoms with Crippen molar-refractivity contribution in [1.82, 2.24) is 0 Å². The lowest BCUT2D eigenvalue weighted by Gasteiger charge is -2.09. The molecule has 0 aromatic carbocycles. The average Bonchev–Trinajstić information content (AvgIpc) is 2.42. The number of carbonyl (C=O) groups is 1. The Morgan fingerprint density at radius 2 is 2.10 bits per heavy atom. The first-order chi connectivity index (χ1) is 9.44. The molecule has 0 N–H and O–H groups in total. The number of halogens is 1. The maximum atomic E-state index is 13.0. The summed E-state index contributed by atoms with van der Waals surface area (Å²) in [6.45, 7) is 13.1. The van der Waals surface area contributed by atoms with Crippen LogP contribution in [0.1, 0.15) is 40.0 Å². The standard InChI is InChI=1S/C16H24FNO2/c1-6-14(17)10-9-12(4)11-13(5)18-15(7-2)16(19)20-8-3/h7,10,12H,2,5-6,8-9,11H2,1,3-4H3/b14-10+,18-15+. The molecule has 0 spiro atoms. The highest BCUT2D eigenvalue weighted by molar-refractivity contribution is 6.41. The number of carbonyl (C=O) groups excluding carboxylic acids is 1. The second-order valence-corrected chi connectivity index (χ2v) is 4.54. The number of aliphatic imine (C=N–C) groups is 1. The van der Waals surface area contributed by atoms with Crippen molar-refractivity contribution in [3.8, 4) is 0 Å². The molecule has 0 bridgehead atoms. The van der Waals surface area contributed by atoms with E-state index in [1.165, 1.54) is 6.08 Å². The van der Waals surface area contributed by atoms with Crippen molar-refractivity contribution < 1.29 is 13.9 Å². The van der Waals surface area contributed by atoms with E-state index >= 15 is 0 Å². The minimum absolute atomic E-state index is 0.107. The largest absolute Gasteiger partial charge is 0.461 e. The Balaban J connectivity index is 4.52. The highest BCUT2D eigenvalue weighted by Crippen LogP contribution is 2.17. The number of hydrogen-bond acceptors (Lipinski definition) is 3. The van der Waals surface area contributed by atoms with Gasteiger partial charge in [0, 0.05) is 5.70 Å². The molecule has 20 heavy (non-hydrogen) atoms. The van der Waals surface area contributed by atoms with Gasteiger partial charge in [0.15, 0.2) is 0 Å². The van der Waals surface area contributed by atoms with Crippen LogP contribution in [-0.4, -0.2) is 18.3 Å². The normalized spacial score (nSPS) is 13.8. The van der Waals surface area contributed by atoms with Crippen molar-refractivity contribution in [1.29, 1.82) is 0 Å². The van der Waals surface area contributed by atoms with Crippen LogP contribution in [0.15, 0.2) is 41.8 Å². The van der Waals surface area contributed by atoms with Gasteiger partial charge in [-0.05, 0) is 38.2 Å². The van der Waals surface area contributed by atoms with Crippen LogP contribution in [0.3, 0.4) is 0 Å². The minimum atomic E-state index is -0.506. The molecule has 1 atom stereocenters. The molecule has 0 aliphatic carbocycles. The summed E-state index contributed by atoms with van der Waals surface area (Å²) in [5.74, 6) is -0.408. The molecule has 0 radical (unpaired) electrons. The Kier molecular flexibility index (Phi) is 9.26. The molecule has 0 aromatic heterocycles. The van der Waals surface area contributed by atoms with Crippen molar-refractivity contribution >= 4 is 11.7 Å². The number of rotatable bonds is 9. The molecule has 0 heterocycles. The predicted octanol–water partition coefficient (Wildman–Crippen LogP) is 4.37. The van der Waals surface area contributed by atoms with Crippen LogP contribution in [0, 0.1) is 5.92 Å². The van der Waals surface area contributed by atoms with Gasteiger partial charge in [-0.2, -0.15) is 0 Å². The fourth-order valence-electron chi connectivity index (χ4n) is 1.55. The summed E-state index contributed by atoms with van der Waals surface area (Å²) in [4.78, 5) is 15.6. The first-order valence-electron chi connectivity index (χ1n) is 6.85. The van der Waals surface area contributed by atoms with Crippen LogP contribution in [0.25, 0.3) is 0 Å². The van der Waals surface area contributed by atoms with Crippen molar-refractivity contribution in [2.75, 3.05) is 6.61 Å². The van der Waals surface area contributed by atoms with Gasteiger partial charge >= 0.3 is 5.97 Å². The molecule has 112 valence electrons. The quantitative estimate of drug-likeness (QED) is 0.465. The summed E-state index contributed by atoms with van der Waals surface area (Å²) in [6, 6.07) is 0. The third-order valence-electron chi connectivity index (χ3n) is 2.62. The number of esters is 1. The van der Waals surface area contributed by atoms with E-state index in [9.17, 15) is 9.18 Å². The summed E-state index contributed by atoms with van der Waals surface area (Å²) in [7, 11) is 0. The zero-order valence-corrected chi connectivity index (χ0v) is 12.6. The van der Waals surface area contributed by atoms with Gasteiger partial charge in [-0.15, -0.1) is 0 Å². The SMILES string of the molecule is C=C/C(=N\C(=C)CC(C)C/C=C(/F)CC)C(=O)OCC. The van der Waals surface area contributed by atoms with Gasteiger partial charge in [-0.1, -0.05) is 33.1 Å². The fourth-order valence-corrected chi connectivity index (χ4v) is 1.55. The third kappa shape index (κ3) is 7.67. The van der Waals surface area contributed by atoms with E-state index in [2.05, 4.69) is 18.2 Å². The van der Waals surface area contributed by atoms with E-state index in [-0.39, 0.29) is 24.1 Å². The average molecular weight is 281 g/mol. The van der Waals surface area contributed by atoms with Gasteiger partial charge in [-0.3, -0.25) is 0 Å². The summed E-state index contributed by atoms with van der Waals surface area (Å²) < 4.78 is 17.9. The molecule has 0 aliphatic rings. The van der Waals surface area contributed by atoms with Crippen LogP contribution in [0.2, 0.25) is 0 Å². The fraction of sp³-hybridized carbons (Fsp3) is 0.500. The Bertz CT molecular complexity index is 411. The van der Waals surface area contributed by atoms with Crippen molar-refractivity contribution in [2.24, 2.45) is 10.9 Å². The molecule has 0 saturated carbocycles. The summed E-state index contributed by atoms with van der Waals surface area (Å²) >= 11 is 0. The minimum Gasteiger partial charge on any atom is -0.461 e. The van der Waals surface area contributed by atoms with Crippen LogP contribution in [-0.2, 0) is 9.53 Å². The van der Waals surface area contributed by atoms with E-state index in [0.717, 1.165) is 0 Å². The van der Waals surface area contributed by atoms with Crippen LogP contribution >= 0.6 is 0 Å². The van der Waals surface area contributed by atoms with E-state index < -0.39 is 5.97 Å². The Morgan fingerprint density at radius 1 is 1.45 bits per heavy atom. The lowest BCUT2D eigenvalue weighted by molar-refractivity contribution is -0.134. The Labute approximate surface area is 120 Å². The molecular formula is C16H24FNO2. The summed E-state index contributed by atoms with van der Waals surface area (Å²) in [5, 5.41) is 0. The summed E-state index contributed by atoms with van der Waals surface area (Å²) in [5.41, 5.74) is 0.713. The molecule has 0 aromatic rings. The first kappa shape index (κ1) is 18.3. The molecule has 3 nitrogen and oxygen atoms in total. The molecule has 1 unspecified atom stereocenters. The molecular weight excluding hydrogens is 257 g/mol. The molecule has 0 rings (SSSR count). The number of nitrogens with zero attached hydrogens (tertiary/aromatic N) is 1. The van der Waals surface area contributed by atoms with E-state index in [4.69, 9.17) is 4.74 Å². The van der Waals surface area contributed by atoms with Gasteiger partial charge in [0.1, 0.15) is 5.71 Å². The lowest BCUT2D eigenvalue weighted by Crippen LogP contribution is -2.15. The zero-order chi connectivity index (χ0) is 15.5. The van der Waals surface area contributed by atoms with E-state index in [1.807, 2.05) is 6.92 Å². The van der Waals surface area contributed by atoms with Crippen molar-refractivity contribution in [3.05, 3.63) is 36.8 Å². The first-order valence-corrected chi connectivity index (χ1v) is 6.85. The van der Waals surface area contributed by atoms with Crippen LogP contribution in [0.4, 0.5) is 4.39 Å². The van der Waals surface area contributed by atoms with Gasteiger partial charge in [0.2, 0.25) is 0 Å². The molecule has 4 heteroatoms. The summed E-state index contributed by atoms with van der Waals surface area (Å²) in [6.07, 6.45) is 4.56. The van der Waals surface area contributed by atoms with Crippen LogP contribution < -0.4 is 0 Å². The van der Waals surface area contributed by atoms with E-state index in [1.54, 1.807) is 19.9 Å². The number of hydrogen-bond donors (Lipinski definition) is 0. The molecule has 0 fully saturated rings.